The first-order valence-electron chi connectivity index (χ1n) is 9.57. The van der Waals surface area contributed by atoms with Gasteiger partial charge in [0.1, 0.15) is 11.5 Å². The molecule has 8 heteroatoms. The first kappa shape index (κ1) is 20.9. The molecule has 3 aromatic rings. The van der Waals surface area contributed by atoms with Gasteiger partial charge in [-0.3, -0.25) is 9.36 Å². The molecule has 0 saturated heterocycles. The topological polar surface area (TPSA) is 100 Å². The molecule has 0 saturated carbocycles. The first-order valence-corrected chi connectivity index (χ1v) is 9.57. The van der Waals surface area contributed by atoms with Gasteiger partial charge in [-0.2, -0.15) is 4.98 Å². The maximum absolute atomic E-state index is 13.6. The summed E-state index contributed by atoms with van der Waals surface area (Å²) < 4.78 is 15.3. The molecule has 0 amide bonds. The summed E-state index contributed by atoms with van der Waals surface area (Å²) in [6.07, 6.45) is 0.729. The van der Waals surface area contributed by atoms with E-state index in [2.05, 4.69) is 15.3 Å². The monoisotopic (exact) mass is 400 g/mol. The number of aliphatic hydroxyl groups is 2. The van der Waals surface area contributed by atoms with Crippen molar-refractivity contribution in [3.8, 4) is 11.3 Å². The van der Waals surface area contributed by atoms with Crippen molar-refractivity contribution in [2.24, 2.45) is 0 Å². The number of pyridine rings is 1. The molecule has 2 aromatic heterocycles. The lowest BCUT2D eigenvalue weighted by Gasteiger charge is -2.20. The van der Waals surface area contributed by atoms with Crippen LogP contribution in [0.4, 0.5) is 10.3 Å². The van der Waals surface area contributed by atoms with Crippen LogP contribution in [-0.2, 0) is 0 Å². The Bertz CT molecular complexity index is 1080. The van der Waals surface area contributed by atoms with Crippen molar-refractivity contribution in [3.05, 3.63) is 52.1 Å². The van der Waals surface area contributed by atoms with Crippen molar-refractivity contribution in [1.82, 2.24) is 14.5 Å². The highest BCUT2D eigenvalue weighted by atomic mass is 19.1. The molecule has 7 nitrogen and oxygen atoms in total. The van der Waals surface area contributed by atoms with Crippen LogP contribution in [0.5, 0.6) is 0 Å². The van der Waals surface area contributed by atoms with Gasteiger partial charge in [-0.25, -0.2) is 9.37 Å². The lowest BCUT2D eigenvalue weighted by molar-refractivity contribution is 0.203. The van der Waals surface area contributed by atoms with Crippen LogP contribution in [0.15, 0.2) is 35.1 Å². The number of aryl methyl sites for hydroxylation is 1. The Morgan fingerprint density at radius 1 is 1.17 bits per heavy atom. The van der Waals surface area contributed by atoms with E-state index >= 15 is 0 Å². The Labute approximate surface area is 167 Å². The van der Waals surface area contributed by atoms with Crippen molar-refractivity contribution in [1.29, 1.82) is 0 Å². The number of aromatic nitrogens is 3. The number of anilines is 1. The van der Waals surface area contributed by atoms with Gasteiger partial charge in [-0.1, -0.05) is 6.92 Å². The van der Waals surface area contributed by atoms with Crippen molar-refractivity contribution in [3.63, 3.8) is 0 Å². The van der Waals surface area contributed by atoms with Gasteiger partial charge in [-0.05, 0) is 50.1 Å². The maximum Gasteiger partial charge on any atom is 0.252 e. The average molecular weight is 400 g/mol. The largest absolute Gasteiger partial charge is 0.394 e. The zero-order valence-electron chi connectivity index (χ0n) is 16.7. The number of fused-ring (bicyclic) bond motifs is 1. The van der Waals surface area contributed by atoms with Gasteiger partial charge in [0.25, 0.3) is 5.56 Å². The summed E-state index contributed by atoms with van der Waals surface area (Å²) >= 11 is 0. The molecule has 0 aliphatic heterocycles. The number of nitrogens with one attached hydrogen (secondary N) is 1. The Balaban J connectivity index is 2.35. The molecule has 0 spiro atoms. The molecule has 2 heterocycles. The minimum atomic E-state index is -0.651. The van der Waals surface area contributed by atoms with Crippen molar-refractivity contribution in [2.75, 3.05) is 18.5 Å². The van der Waals surface area contributed by atoms with E-state index in [0.29, 0.717) is 27.9 Å². The molecule has 1 aromatic carbocycles. The van der Waals surface area contributed by atoms with Crippen molar-refractivity contribution >= 4 is 17.0 Å². The van der Waals surface area contributed by atoms with Crippen LogP contribution in [-0.4, -0.2) is 44.0 Å². The van der Waals surface area contributed by atoms with E-state index in [1.165, 1.54) is 18.2 Å². The SMILES string of the molecule is CC[C@H](C)n1c(=O)ccc2c(-c3ccc(F)cc3C)nc(NC(CO)CO)nc21. The van der Waals surface area contributed by atoms with E-state index in [1.807, 2.05) is 13.8 Å². The van der Waals surface area contributed by atoms with E-state index in [4.69, 9.17) is 0 Å². The predicted molar refractivity (Wildman–Crippen MR) is 111 cm³/mol. The Morgan fingerprint density at radius 2 is 1.90 bits per heavy atom. The van der Waals surface area contributed by atoms with Gasteiger partial charge in [-0.15, -0.1) is 0 Å². The quantitative estimate of drug-likeness (QED) is 0.564. The minimum Gasteiger partial charge on any atom is -0.394 e. The molecule has 0 radical (unpaired) electrons. The molecule has 0 aliphatic rings. The zero-order valence-corrected chi connectivity index (χ0v) is 16.7. The number of rotatable bonds is 7. The number of benzene rings is 1. The van der Waals surface area contributed by atoms with Crippen molar-refractivity contribution in [2.45, 2.75) is 39.3 Å². The first-order chi connectivity index (χ1) is 13.9. The van der Waals surface area contributed by atoms with Gasteiger partial charge >= 0.3 is 0 Å². The van der Waals surface area contributed by atoms with Gasteiger partial charge in [0, 0.05) is 23.1 Å². The van der Waals surface area contributed by atoms with Crippen LogP contribution in [0.3, 0.4) is 0 Å². The number of aliphatic hydroxyl groups excluding tert-OH is 2. The lowest BCUT2D eigenvalue weighted by atomic mass is 10.0. The van der Waals surface area contributed by atoms with Crippen LogP contribution >= 0.6 is 0 Å². The predicted octanol–water partition coefficient (Wildman–Crippen LogP) is 2.64. The molecule has 1 atom stereocenters. The third kappa shape index (κ3) is 4.13. The summed E-state index contributed by atoms with van der Waals surface area (Å²) in [4.78, 5) is 21.7. The van der Waals surface area contributed by atoms with Crippen LogP contribution in [0, 0.1) is 12.7 Å². The third-order valence-electron chi connectivity index (χ3n) is 5.03. The van der Waals surface area contributed by atoms with E-state index in [9.17, 15) is 19.4 Å². The fourth-order valence-corrected chi connectivity index (χ4v) is 3.24. The van der Waals surface area contributed by atoms with Gasteiger partial charge in [0.2, 0.25) is 5.95 Å². The number of hydrogen-bond donors (Lipinski definition) is 3. The molecular weight excluding hydrogens is 375 g/mol. The number of hydrogen-bond acceptors (Lipinski definition) is 6. The van der Waals surface area contributed by atoms with Gasteiger partial charge in [0.15, 0.2) is 0 Å². The molecule has 0 unspecified atom stereocenters. The van der Waals surface area contributed by atoms with Gasteiger partial charge in [0.05, 0.1) is 24.9 Å². The highest BCUT2D eigenvalue weighted by Gasteiger charge is 2.19. The van der Waals surface area contributed by atoms with E-state index < -0.39 is 6.04 Å². The standard InChI is InChI=1S/C21H25FN4O3/c1-4-13(3)26-18(29)8-7-17-19(16-6-5-14(22)9-12(16)2)24-21(25-20(17)26)23-15(10-27)11-28/h5-9,13,15,27-28H,4,10-11H2,1-3H3,(H,23,24,25)/t13-/m0/s1. The summed E-state index contributed by atoms with van der Waals surface area (Å²) in [6.45, 7) is 5.08. The molecule has 3 rings (SSSR count). The average Bonchev–Trinajstić information content (AvgIpc) is 2.70. The molecular formula is C21H25FN4O3. The smallest absolute Gasteiger partial charge is 0.252 e. The third-order valence-corrected chi connectivity index (χ3v) is 5.03. The summed E-state index contributed by atoms with van der Waals surface area (Å²) in [6, 6.07) is 6.84. The van der Waals surface area contributed by atoms with E-state index in [-0.39, 0.29) is 36.6 Å². The van der Waals surface area contributed by atoms with Crippen LogP contribution in [0.2, 0.25) is 0 Å². The van der Waals surface area contributed by atoms with Crippen LogP contribution < -0.4 is 10.9 Å². The molecule has 0 aliphatic carbocycles. The zero-order chi connectivity index (χ0) is 21.1. The van der Waals surface area contributed by atoms with E-state index in [0.717, 1.165) is 6.42 Å². The second-order valence-electron chi connectivity index (χ2n) is 7.10. The summed E-state index contributed by atoms with van der Waals surface area (Å²) in [5.74, 6) is -0.174. The Morgan fingerprint density at radius 3 is 2.52 bits per heavy atom. The van der Waals surface area contributed by atoms with E-state index in [1.54, 1.807) is 23.6 Å². The molecule has 0 bridgehead atoms. The fourth-order valence-electron chi connectivity index (χ4n) is 3.24. The molecule has 3 N–H and O–H groups in total. The maximum atomic E-state index is 13.6. The number of nitrogens with zero attached hydrogens (tertiary/aromatic N) is 3. The summed E-state index contributed by atoms with van der Waals surface area (Å²) in [5, 5.41) is 22.4. The molecule has 29 heavy (non-hydrogen) atoms. The summed E-state index contributed by atoms with van der Waals surface area (Å²) in [5.41, 5.74) is 2.21. The van der Waals surface area contributed by atoms with Crippen LogP contribution in [0.25, 0.3) is 22.3 Å². The minimum absolute atomic E-state index is 0.0948. The number of halogens is 1. The Hall–Kier alpha value is -2.84. The highest BCUT2D eigenvalue weighted by molar-refractivity contribution is 5.92. The van der Waals surface area contributed by atoms with Crippen molar-refractivity contribution < 1.29 is 14.6 Å². The summed E-state index contributed by atoms with van der Waals surface area (Å²) in [7, 11) is 0. The fraction of sp³-hybridized carbons (Fsp3) is 0.381. The van der Waals surface area contributed by atoms with Gasteiger partial charge < -0.3 is 15.5 Å². The highest BCUT2D eigenvalue weighted by Crippen LogP contribution is 2.30. The normalized spacial score (nSPS) is 12.5. The lowest BCUT2D eigenvalue weighted by Crippen LogP contribution is -2.29. The Kier molecular flexibility index (Phi) is 6.24. The second-order valence-corrected chi connectivity index (χ2v) is 7.10. The molecule has 154 valence electrons. The molecule has 0 fully saturated rings. The van der Waals surface area contributed by atoms with Crippen LogP contribution in [0.1, 0.15) is 31.9 Å². The second kappa shape index (κ2) is 8.67.